The first-order chi connectivity index (χ1) is 17.5. The van der Waals surface area contributed by atoms with E-state index < -0.39 is 23.0 Å². The zero-order chi connectivity index (χ0) is 25.5. The van der Waals surface area contributed by atoms with E-state index in [4.69, 9.17) is 4.74 Å². The lowest BCUT2D eigenvalue weighted by Gasteiger charge is -2.14. The van der Waals surface area contributed by atoms with Crippen molar-refractivity contribution in [2.24, 2.45) is 0 Å². The molecule has 0 fully saturated rings. The number of carbonyl (C=O) groups excluding carboxylic acids is 2. The predicted molar refractivity (Wildman–Crippen MR) is 131 cm³/mol. The summed E-state index contributed by atoms with van der Waals surface area (Å²) in [6, 6.07) is 14.4. The first kappa shape index (κ1) is 25.5. The molecule has 3 aromatic carbocycles. The Balaban J connectivity index is 1.14. The molecule has 4 rings (SSSR count). The van der Waals surface area contributed by atoms with Gasteiger partial charge in [0, 0.05) is 6.54 Å². The highest BCUT2D eigenvalue weighted by Crippen LogP contribution is 2.36. The van der Waals surface area contributed by atoms with Gasteiger partial charge in [-0.1, -0.05) is 56.4 Å². The van der Waals surface area contributed by atoms with E-state index in [0.29, 0.717) is 24.3 Å². The summed E-state index contributed by atoms with van der Waals surface area (Å²) in [5.74, 6) is -2.73. The lowest BCUT2D eigenvalue weighted by molar-refractivity contribution is 0.0651. The van der Waals surface area contributed by atoms with Gasteiger partial charge in [0.05, 0.1) is 28.9 Å². The van der Waals surface area contributed by atoms with Gasteiger partial charge < -0.3 is 4.74 Å². The van der Waals surface area contributed by atoms with Gasteiger partial charge in [-0.25, -0.2) is 13.2 Å². The standard InChI is InChI=1S/C29H28F3NO3/c30-22-14-10-15-23(31)26(22)27-24(32)16-11-17-25(27)36-19-9-5-3-1-2-4-8-18-33-28(34)20-12-6-7-13-21(20)29(33)35/h6-7,10-17H,1-5,8-9,18-19H2. The van der Waals surface area contributed by atoms with E-state index in [1.165, 1.54) is 23.1 Å². The fourth-order valence-electron chi connectivity index (χ4n) is 4.48. The molecule has 0 unspecified atom stereocenters. The van der Waals surface area contributed by atoms with Crippen LogP contribution >= 0.6 is 0 Å². The number of fused-ring (bicyclic) bond motifs is 1. The number of benzene rings is 3. The monoisotopic (exact) mass is 495 g/mol. The van der Waals surface area contributed by atoms with Crippen LogP contribution in [-0.2, 0) is 0 Å². The summed E-state index contributed by atoms with van der Waals surface area (Å²) in [6.45, 7) is 0.741. The molecule has 0 spiro atoms. The Morgan fingerprint density at radius 1 is 0.583 bits per heavy atom. The van der Waals surface area contributed by atoms with E-state index in [1.54, 1.807) is 24.3 Å². The topological polar surface area (TPSA) is 46.6 Å². The van der Waals surface area contributed by atoms with Crippen LogP contribution < -0.4 is 4.74 Å². The number of amides is 2. The van der Waals surface area contributed by atoms with E-state index in [1.807, 2.05) is 0 Å². The van der Waals surface area contributed by atoms with Crippen LogP contribution in [0.5, 0.6) is 5.75 Å². The predicted octanol–water partition coefficient (Wildman–Crippen LogP) is 7.18. The van der Waals surface area contributed by atoms with Crippen molar-refractivity contribution < 1.29 is 27.5 Å². The molecule has 1 heterocycles. The molecule has 4 nitrogen and oxygen atoms in total. The zero-order valence-electron chi connectivity index (χ0n) is 19.9. The van der Waals surface area contributed by atoms with E-state index in [-0.39, 0.29) is 23.1 Å². The molecule has 3 aromatic rings. The lowest BCUT2D eigenvalue weighted by atomic mass is 10.0. The van der Waals surface area contributed by atoms with Crippen molar-refractivity contribution in [2.45, 2.75) is 44.9 Å². The van der Waals surface area contributed by atoms with E-state index >= 15 is 0 Å². The van der Waals surface area contributed by atoms with E-state index in [2.05, 4.69) is 0 Å². The van der Waals surface area contributed by atoms with Crippen LogP contribution in [0.3, 0.4) is 0 Å². The third kappa shape index (κ3) is 5.61. The highest BCUT2D eigenvalue weighted by atomic mass is 19.1. The molecule has 0 bridgehead atoms. The number of hydrogen-bond donors (Lipinski definition) is 0. The Labute approximate surface area is 208 Å². The normalized spacial score (nSPS) is 12.8. The van der Waals surface area contributed by atoms with Crippen molar-refractivity contribution in [3.63, 3.8) is 0 Å². The van der Waals surface area contributed by atoms with Gasteiger partial charge in [-0.2, -0.15) is 0 Å². The van der Waals surface area contributed by atoms with Gasteiger partial charge in [0.1, 0.15) is 23.2 Å². The molecule has 0 aliphatic carbocycles. The fourth-order valence-corrected chi connectivity index (χ4v) is 4.48. The van der Waals surface area contributed by atoms with Crippen LogP contribution in [0.15, 0.2) is 60.7 Å². The maximum absolute atomic E-state index is 14.4. The average Bonchev–Trinajstić information content (AvgIpc) is 3.11. The van der Waals surface area contributed by atoms with E-state index in [9.17, 15) is 22.8 Å². The average molecular weight is 496 g/mol. The molecule has 0 aromatic heterocycles. The van der Waals surface area contributed by atoms with Crippen LogP contribution in [0.25, 0.3) is 11.1 Å². The summed E-state index contributed by atoms with van der Waals surface area (Å²) < 4.78 is 48.5. The van der Waals surface area contributed by atoms with Gasteiger partial charge in [-0.05, 0) is 49.2 Å². The Bertz CT molecular complexity index is 1190. The molecule has 7 heteroatoms. The van der Waals surface area contributed by atoms with Crippen molar-refractivity contribution >= 4 is 11.8 Å². The number of nitrogens with zero attached hydrogens (tertiary/aromatic N) is 1. The minimum atomic E-state index is -0.840. The molecular weight excluding hydrogens is 467 g/mol. The van der Waals surface area contributed by atoms with Crippen LogP contribution in [-0.4, -0.2) is 29.9 Å². The maximum atomic E-state index is 14.4. The molecule has 2 amide bonds. The Hall–Kier alpha value is -3.61. The number of carbonyl (C=O) groups is 2. The Morgan fingerprint density at radius 3 is 1.69 bits per heavy atom. The molecule has 1 aliphatic rings. The highest BCUT2D eigenvalue weighted by Gasteiger charge is 2.34. The first-order valence-electron chi connectivity index (χ1n) is 12.3. The van der Waals surface area contributed by atoms with Gasteiger partial charge in [0.15, 0.2) is 0 Å². The zero-order valence-corrected chi connectivity index (χ0v) is 19.9. The van der Waals surface area contributed by atoms with Gasteiger partial charge in [0.25, 0.3) is 11.8 Å². The summed E-state index contributed by atoms with van der Waals surface area (Å²) in [5, 5.41) is 0. The maximum Gasteiger partial charge on any atom is 0.261 e. The molecule has 1 aliphatic heterocycles. The smallest absolute Gasteiger partial charge is 0.261 e. The summed E-state index contributed by atoms with van der Waals surface area (Å²) in [5.41, 5.74) is 0.334. The number of ether oxygens (including phenoxy) is 1. The van der Waals surface area contributed by atoms with Gasteiger partial charge >= 0.3 is 0 Å². The molecule has 0 N–H and O–H groups in total. The summed E-state index contributed by atoms with van der Waals surface area (Å²) in [4.78, 5) is 26.1. The molecule has 188 valence electrons. The van der Waals surface area contributed by atoms with Gasteiger partial charge in [-0.15, -0.1) is 0 Å². The molecule has 0 saturated heterocycles. The van der Waals surface area contributed by atoms with Crippen LogP contribution in [0.2, 0.25) is 0 Å². The molecule has 0 radical (unpaired) electrons. The second-order valence-electron chi connectivity index (χ2n) is 8.84. The highest BCUT2D eigenvalue weighted by molar-refractivity contribution is 6.21. The molecule has 0 saturated carbocycles. The second kappa shape index (κ2) is 11.9. The molecular formula is C29H28F3NO3. The fraction of sp³-hybridized carbons (Fsp3) is 0.310. The largest absolute Gasteiger partial charge is 0.493 e. The number of halogens is 3. The lowest BCUT2D eigenvalue weighted by Crippen LogP contribution is -2.30. The van der Waals surface area contributed by atoms with Crippen LogP contribution in [0, 0.1) is 17.5 Å². The van der Waals surface area contributed by atoms with Crippen LogP contribution in [0.4, 0.5) is 13.2 Å². The van der Waals surface area contributed by atoms with Crippen molar-refractivity contribution in [1.29, 1.82) is 0 Å². The first-order valence-corrected chi connectivity index (χ1v) is 12.3. The van der Waals surface area contributed by atoms with Crippen molar-refractivity contribution in [3.05, 3.63) is 89.2 Å². The minimum Gasteiger partial charge on any atom is -0.493 e. The second-order valence-corrected chi connectivity index (χ2v) is 8.84. The number of unbranched alkanes of at least 4 members (excludes halogenated alkanes) is 6. The van der Waals surface area contributed by atoms with Crippen LogP contribution in [0.1, 0.15) is 65.7 Å². The summed E-state index contributed by atoms with van der Waals surface area (Å²) >= 11 is 0. The number of rotatable bonds is 12. The van der Waals surface area contributed by atoms with Gasteiger partial charge in [0.2, 0.25) is 0 Å². The quantitative estimate of drug-likeness (QED) is 0.198. The molecule has 36 heavy (non-hydrogen) atoms. The third-order valence-electron chi connectivity index (χ3n) is 6.35. The van der Waals surface area contributed by atoms with Crippen molar-refractivity contribution in [2.75, 3.05) is 13.2 Å². The Kier molecular flexibility index (Phi) is 8.41. The minimum absolute atomic E-state index is 0.118. The third-order valence-corrected chi connectivity index (χ3v) is 6.35. The Morgan fingerprint density at radius 2 is 1.08 bits per heavy atom. The van der Waals surface area contributed by atoms with E-state index in [0.717, 1.165) is 63.1 Å². The number of hydrogen-bond acceptors (Lipinski definition) is 3. The van der Waals surface area contributed by atoms with Crippen molar-refractivity contribution in [1.82, 2.24) is 4.90 Å². The summed E-state index contributed by atoms with van der Waals surface area (Å²) in [7, 11) is 0. The number of imide groups is 1. The molecule has 0 atom stereocenters. The van der Waals surface area contributed by atoms with Crippen molar-refractivity contribution in [3.8, 4) is 16.9 Å². The SMILES string of the molecule is O=C1c2ccccc2C(=O)N1CCCCCCCCCOc1cccc(F)c1-c1c(F)cccc1F. The van der Waals surface area contributed by atoms with Gasteiger partial charge in [-0.3, -0.25) is 14.5 Å². The summed E-state index contributed by atoms with van der Waals surface area (Å²) in [6.07, 6.45) is 6.29.